The Morgan fingerprint density at radius 3 is 3.00 bits per heavy atom. The quantitative estimate of drug-likeness (QED) is 0.910. The van der Waals surface area contributed by atoms with E-state index in [4.69, 9.17) is 9.51 Å². The normalized spacial score (nSPS) is 35.7. The SMILES string of the molecule is CCC1(c2nc(C3CCCC(C)C3)no2)CCNC1. The molecule has 1 N–H and O–H groups in total. The maximum Gasteiger partial charge on any atom is 0.234 e. The summed E-state index contributed by atoms with van der Waals surface area (Å²) in [5, 5.41) is 7.73. The molecular weight excluding hydrogens is 238 g/mol. The monoisotopic (exact) mass is 263 g/mol. The highest BCUT2D eigenvalue weighted by atomic mass is 16.5. The number of nitrogens with one attached hydrogen (secondary N) is 1. The minimum Gasteiger partial charge on any atom is -0.339 e. The Hall–Kier alpha value is -0.900. The minimum absolute atomic E-state index is 0.0888. The summed E-state index contributed by atoms with van der Waals surface area (Å²) in [4.78, 5) is 4.78. The second-order valence-corrected chi connectivity index (χ2v) is 6.49. The van der Waals surface area contributed by atoms with Crippen LogP contribution >= 0.6 is 0 Å². The number of hydrogen-bond donors (Lipinski definition) is 1. The van der Waals surface area contributed by atoms with E-state index in [9.17, 15) is 0 Å². The molecule has 4 heteroatoms. The Kier molecular flexibility index (Phi) is 3.61. The molecule has 1 aliphatic carbocycles. The molecule has 0 bridgehead atoms. The smallest absolute Gasteiger partial charge is 0.234 e. The van der Waals surface area contributed by atoms with Gasteiger partial charge in [0.05, 0.1) is 5.41 Å². The highest BCUT2D eigenvalue weighted by Gasteiger charge is 2.39. The summed E-state index contributed by atoms with van der Waals surface area (Å²) in [5.74, 6) is 3.15. The maximum atomic E-state index is 5.63. The van der Waals surface area contributed by atoms with Crippen molar-refractivity contribution in [1.29, 1.82) is 0 Å². The zero-order valence-corrected chi connectivity index (χ0v) is 12.1. The van der Waals surface area contributed by atoms with E-state index in [1.165, 1.54) is 25.7 Å². The summed E-state index contributed by atoms with van der Waals surface area (Å²) in [6, 6.07) is 0. The number of rotatable bonds is 3. The first-order valence-corrected chi connectivity index (χ1v) is 7.78. The van der Waals surface area contributed by atoms with E-state index >= 15 is 0 Å². The fourth-order valence-corrected chi connectivity index (χ4v) is 3.66. The van der Waals surface area contributed by atoms with Crippen LogP contribution in [0.2, 0.25) is 0 Å². The molecule has 19 heavy (non-hydrogen) atoms. The second-order valence-electron chi connectivity index (χ2n) is 6.49. The van der Waals surface area contributed by atoms with Crippen LogP contribution in [0.1, 0.15) is 70.0 Å². The average Bonchev–Trinajstić information content (AvgIpc) is 3.08. The topological polar surface area (TPSA) is 51.0 Å². The van der Waals surface area contributed by atoms with Gasteiger partial charge < -0.3 is 9.84 Å². The lowest BCUT2D eigenvalue weighted by Gasteiger charge is -2.24. The Labute approximate surface area is 115 Å². The lowest BCUT2D eigenvalue weighted by molar-refractivity contribution is 0.279. The molecule has 2 heterocycles. The van der Waals surface area contributed by atoms with Crippen LogP contribution < -0.4 is 5.32 Å². The van der Waals surface area contributed by atoms with Crippen molar-refractivity contribution < 1.29 is 4.52 Å². The van der Waals surface area contributed by atoms with Crippen LogP contribution in [0, 0.1) is 5.92 Å². The van der Waals surface area contributed by atoms with Gasteiger partial charge in [0, 0.05) is 12.5 Å². The van der Waals surface area contributed by atoms with Gasteiger partial charge in [-0.05, 0) is 38.1 Å². The molecule has 3 unspecified atom stereocenters. The fraction of sp³-hybridized carbons (Fsp3) is 0.867. The van der Waals surface area contributed by atoms with E-state index < -0.39 is 0 Å². The molecule has 1 aliphatic heterocycles. The van der Waals surface area contributed by atoms with E-state index in [0.29, 0.717) is 5.92 Å². The first-order valence-electron chi connectivity index (χ1n) is 7.78. The van der Waals surface area contributed by atoms with Crippen LogP contribution in [0.25, 0.3) is 0 Å². The Morgan fingerprint density at radius 1 is 1.42 bits per heavy atom. The zero-order valence-electron chi connectivity index (χ0n) is 12.1. The number of hydrogen-bond acceptors (Lipinski definition) is 4. The summed E-state index contributed by atoms with van der Waals surface area (Å²) in [7, 11) is 0. The fourth-order valence-electron chi connectivity index (χ4n) is 3.66. The van der Waals surface area contributed by atoms with Crippen LogP contribution in [-0.4, -0.2) is 23.2 Å². The summed E-state index contributed by atoms with van der Waals surface area (Å²) in [5.41, 5.74) is 0.0888. The first-order chi connectivity index (χ1) is 9.23. The molecule has 1 saturated carbocycles. The van der Waals surface area contributed by atoms with Crippen molar-refractivity contribution >= 4 is 0 Å². The number of nitrogens with zero attached hydrogens (tertiary/aromatic N) is 2. The van der Waals surface area contributed by atoms with Crippen molar-refractivity contribution in [2.45, 2.75) is 63.7 Å². The Balaban J connectivity index is 1.79. The van der Waals surface area contributed by atoms with Crippen molar-refractivity contribution in [1.82, 2.24) is 15.5 Å². The lowest BCUT2D eigenvalue weighted by atomic mass is 9.82. The van der Waals surface area contributed by atoms with Gasteiger partial charge >= 0.3 is 0 Å². The molecule has 0 spiro atoms. The van der Waals surface area contributed by atoms with E-state index in [1.807, 2.05) is 0 Å². The molecule has 1 aromatic rings. The van der Waals surface area contributed by atoms with Crippen LogP contribution in [0.3, 0.4) is 0 Å². The zero-order chi connectivity index (χ0) is 13.3. The third kappa shape index (κ3) is 2.42. The van der Waals surface area contributed by atoms with Crippen LogP contribution in [-0.2, 0) is 5.41 Å². The van der Waals surface area contributed by atoms with Gasteiger partial charge in [-0.3, -0.25) is 0 Å². The molecule has 3 atom stereocenters. The van der Waals surface area contributed by atoms with Gasteiger partial charge in [-0.25, -0.2) is 0 Å². The van der Waals surface area contributed by atoms with Gasteiger partial charge in [-0.2, -0.15) is 4.98 Å². The number of aromatic nitrogens is 2. The van der Waals surface area contributed by atoms with Gasteiger partial charge in [0.15, 0.2) is 5.82 Å². The van der Waals surface area contributed by atoms with Gasteiger partial charge in [0.25, 0.3) is 0 Å². The highest BCUT2D eigenvalue weighted by molar-refractivity contribution is 5.11. The second kappa shape index (κ2) is 5.23. The van der Waals surface area contributed by atoms with Crippen molar-refractivity contribution in [2.75, 3.05) is 13.1 Å². The molecule has 0 radical (unpaired) electrons. The highest BCUT2D eigenvalue weighted by Crippen LogP contribution is 2.37. The molecule has 3 rings (SSSR count). The van der Waals surface area contributed by atoms with E-state index in [-0.39, 0.29) is 5.41 Å². The predicted octanol–water partition coefficient (Wildman–Crippen LogP) is 3.00. The Bertz CT molecular complexity index is 423. The van der Waals surface area contributed by atoms with Crippen molar-refractivity contribution in [2.24, 2.45) is 5.92 Å². The van der Waals surface area contributed by atoms with Crippen LogP contribution in [0.4, 0.5) is 0 Å². The van der Waals surface area contributed by atoms with Crippen molar-refractivity contribution in [3.05, 3.63) is 11.7 Å². The Morgan fingerprint density at radius 2 is 2.32 bits per heavy atom. The molecule has 4 nitrogen and oxygen atoms in total. The lowest BCUT2D eigenvalue weighted by Crippen LogP contribution is -2.28. The summed E-state index contributed by atoms with van der Waals surface area (Å²) >= 11 is 0. The summed E-state index contributed by atoms with van der Waals surface area (Å²) in [6.07, 6.45) is 7.28. The van der Waals surface area contributed by atoms with E-state index in [2.05, 4.69) is 24.3 Å². The standard InChI is InChI=1S/C15H25N3O/c1-3-15(7-8-16-10-15)14-17-13(18-19-14)12-6-4-5-11(2)9-12/h11-12,16H,3-10H2,1-2H3. The third-order valence-electron chi connectivity index (χ3n) is 5.12. The summed E-state index contributed by atoms with van der Waals surface area (Å²) in [6.45, 7) is 6.60. The molecule has 1 saturated heterocycles. The average molecular weight is 263 g/mol. The molecule has 106 valence electrons. The van der Waals surface area contributed by atoms with Gasteiger partial charge in [-0.1, -0.05) is 31.8 Å². The molecule has 1 aromatic heterocycles. The predicted molar refractivity (Wildman–Crippen MR) is 74.1 cm³/mol. The third-order valence-corrected chi connectivity index (χ3v) is 5.12. The van der Waals surface area contributed by atoms with Gasteiger partial charge in [0.1, 0.15) is 0 Å². The molecule has 0 amide bonds. The largest absolute Gasteiger partial charge is 0.339 e. The maximum absolute atomic E-state index is 5.63. The van der Waals surface area contributed by atoms with Crippen LogP contribution in [0.5, 0.6) is 0 Å². The van der Waals surface area contributed by atoms with E-state index in [0.717, 1.165) is 43.6 Å². The van der Waals surface area contributed by atoms with Gasteiger partial charge in [0.2, 0.25) is 5.89 Å². The van der Waals surface area contributed by atoms with Crippen molar-refractivity contribution in [3.63, 3.8) is 0 Å². The van der Waals surface area contributed by atoms with Crippen LogP contribution in [0.15, 0.2) is 4.52 Å². The van der Waals surface area contributed by atoms with Crippen molar-refractivity contribution in [3.8, 4) is 0 Å². The van der Waals surface area contributed by atoms with Gasteiger partial charge in [-0.15, -0.1) is 0 Å². The molecule has 2 fully saturated rings. The summed E-state index contributed by atoms with van der Waals surface area (Å²) < 4.78 is 5.63. The molecule has 0 aromatic carbocycles. The van der Waals surface area contributed by atoms with E-state index in [1.54, 1.807) is 0 Å². The first kappa shape index (κ1) is 13.1. The molecular formula is C15H25N3O. The minimum atomic E-state index is 0.0888. The molecule has 2 aliphatic rings.